The summed E-state index contributed by atoms with van der Waals surface area (Å²) in [5, 5.41) is 0. The smallest absolute Gasteiger partial charge is 0.344 e. The summed E-state index contributed by atoms with van der Waals surface area (Å²) in [6, 6.07) is 12.7. The van der Waals surface area contributed by atoms with Gasteiger partial charge in [-0.1, -0.05) is 36.9 Å². The molecular formula is C16H14F3N. The van der Waals surface area contributed by atoms with Crippen molar-refractivity contribution in [2.75, 3.05) is 11.9 Å². The second-order valence-electron chi connectivity index (χ2n) is 4.37. The highest BCUT2D eigenvalue weighted by Gasteiger charge is 2.30. The molecule has 0 unspecified atom stereocenters. The Morgan fingerprint density at radius 3 is 2.40 bits per heavy atom. The zero-order chi connectivity index (χ0) is 14.8. The molecule has 4 heteroatoms. The van der Waals surface area contributed by atoms with E-state index in [1.54, 1.807) is 24.1 Å². The Morgan fingerprint density at radius 2 is 1.75 bits per heavy atom. The fourth-order valence-corrected chi connectivity index (χ4v) is 2.00. The predicted molar refractivity (Wildman–Crippen MR) is 76.0 cm³/mol. The highest BCUT2D eigenvalue weighted by Crippen LogP contribution is 2.34. The van der Waals surface area contributed by atoms with Crippen LogP contribution in [0.1, 0.15) is 11.1 Å². The summed E-state index contributed by atoms with van der Waals surface area (Å²) in [7, 11) is 1.73. The van der Waals surface area contributed by atoms with Crippen LogP contribution in [-0.2, 0) is 6.18 Å². The molecule has 20 heavy (non-hydrogen) atoms. The molecule has 104 valence electrons. The van der Waals surface area contributed by atoms with Gasteiger partial charge in [0.25, 0.3) is 0 Å². The summed E-state index contributed by atoms with van der Waals surface area (Å²) >= 11 is 0. The van der Waals surface area contributed by atoms with Crippen molar-refractivity contribution < 1.29 is 13.2 Å². The van der Waals surface area contributed by atoms with Crippen LogP contribution in [0.3, 0.4) is 0 Å². The summed E-state index contributed by atoms with van der Waals surface area (Å²) in [4.78, 5) is 1.71. The van der Waals surface area contributed by atoms with E-state index in [2.05, 4.69) is 6.58 Å². The maximum Gasteiger partial charge on any atom is 0.416 e. The van der Waals surface area contributed by atoms with Gasteiger partial charge < -0.3 is 4.90 Å². The molecule has 0 amide bonds. The normalized spacial score (nSPS) is 11.2. The highest BCUT2D eigenvalue weighted by atomic mass is 19.4. The first-order valence-corrected chi connectivity index (χ1v) is 6.06. The third-order valence-corrected chi connectivity index (χ3v) is 3.08. The molecule has 0 aliphatic rings. The standard InChI is InChI=1S/C16H14F3N/c1-3-12-7-4-5-10-15(12)20(2)14-9-6-8-13(11-14)16(17,18)19/h3-11H,1H2,2H3. The van der Waals surface area contributed by atoms with Gasteiger partial charge in [-0.05, 0) is 29.8 Å². The van der Waals surface area contributed by atoms with Gasteiger partial charge in [-0.2, -0.15) is 13.2 Å². The van der Waals surface area contributed by atoms with Crippen LogP contribution in [-0.4, -0.2) is 7.05 Å². The van der Waals surface area contributed by atoms with E-state index in [1.165, 1.54) is 6.07 Å². The largest absolute Gasteiger partial charge is 0.416 e. The van der Waals surface area contributed by atoms with Crippen LogP contribution in [0.2, 0.25) is 0 Å². The van der Waals surface area contributed by atoms with Crippen LogP contribution in [0.4, 0.5) is 24.5 Å². The van der Waals surface area contributed by atoms with Crippen LogP contribution in [0.5, 0.6) is 0 Å². The molecule has 2 aromatic carbocycles. The van der Waals surface area contributed by atoms with E-state index >= 15 is 0 Å². The van der Waals surface area contributed by atoms with Gasteiger partial charge >= 0.3 is 6.18 Å². The minimum atomic E-state index is -4.34. The highest BCUT2D eigenvalue weighted by molar-refractivity contribution is 5.73. The number of para-hydroxylation sites is 1. The second-order valence-corrected chi connectivity index (χ2v) is 4.37. The number of rotatable bonds is 3. The number of anilines is 2. The monoisotopic (exact) mass is 277 g/mol. The molecule has 1 nitrogen and oxygen atoms in total. The number of benzene rings is 2. The second kappa shape index (κ2) is 5.41. The first kappa shape index (κ1) is 14.2. The van der Waals surface area contributed by atoms with Crippen molar-refractivity contribution in [3.63, 3.8) is 0 Å². The minimum absolute atomic E-state index is 0.481. The van der Waals surface area contributed by atoms with Gasteiger partial charge in [-0.15, -0.1) is 0 Å². The van der Waals surface area contributed by atoms with Gasteiger partial charge in [-0.25, -0.2) is 0 Å². The molecule has 0 spiro atoms. The van der Waals surface area contributed by atoms with Crippen LogP contribution < -0.4 is 4.90 Å². The lowest BCUT2D eigenvalue weighted by atomic mass is 10.1. The molecule has 0 aliphatic heterocycles. The fourth-order valence-electron chi connectivity index (χ4n) is 2.00. The van der Waals surface area contributed by atoms with Crippen LogP contribution in [0.25, 0.3) is 6.08 Å². The number of halogens is 3. The van der Waals surface area contributed by atoms with Gasteiger partial charge in [0, 0.05) is 18.4 Å². The van der Waals surface area contributed by atoms with E-state index in [0.29, 0.717) is 5.69 Å². The molecular weight excluding hydrogens is 263 g/mol. The Hall–Kier alpha value is -2.23. The Balaban J connectivity index is 2.43. The van der Waals surface area contributed by atoms with Crippen molar-refractivity contribution in [2.24, 2.45) is 0 Å². The maximum absolute atomic E-state index is 12.7. The zero-order valence-electron chi connectivity index (χ0n) is 11.0. The summed E-state index contributed by atoms with van der Waals surface area (Å²) in [6.45, 7) is 3.72. The van der Waals surface area contributed by atoms with E-state index < -0.39 is 11.7 Å². The summed E-state index contributed by atoms with van der Waals surface area (Å²) in [5.41, 5.74) is 1.50. The molecule has 0 aliphatic carbocycles. The van der Waals surface area contributed by atoms with E-state index in [4.69, 9.17) is 0 Å². The number of alkyl halides is 3. The number of hydrogen-bond donors (Lipinski definition) is 0. The number of hydrogen-bond acceptors (Lipinski definition) is 1. The summed E-state index contributed by atoms with van der Waals surface area (Å²) in [6.07, 6.45) is -2.66. The maximum atomic E-state index is 12.7. The average molecular weight is 277 g/mol. The minimum Gasteiger partial charge on any atom is -0.344 e. The van der Waals surface area contributed by atoms with Crippen LogP contribution in [0.15, 0.2) is 55.1 Å². The molecule has 0 fully saturated rings. The lowest BCUT2D eigenvalue weighted by molar-refractivity contribution is -0.137. The quantitative estimate of drug-likeness (QED) is 0.753. The van der Waals surface area contributed by atoms with E-state index in [9.17, 15) is 13.2 Å². The number of nitrogens with zero attached hydrogens (tertiary/aromatic N) is 1. The summed E-state index contributed by atoms with van der Waals surface area (Å²) < 4.78 is 38.2. The van der Waals surface area contributed by atoms with Crippen molar-refractivity contribution >= 4 is 17.5 Å². The SMILES string of the molecule is C=Cc1ccccc1N(C)c1cccc(C(F)(F)F)c1. The molecule has 0 N–H and O–H groups in total. The van der Waals surface area contributed by atoms with Crippen molar-refractivity contribution in [2.45, 2.75) is 6.18 Å². The third kappa shape index (κ3) is 2.85. The first-order valence-electron chi connectivity index (χ1n) is 6.06. The van der Waals surface area contributed by atoms with Crippen molar-refractivity contribution in [3.05, 3.63) is 66.2 Å². The van der Waals surface area contributed by atoms with Crippen LogP contribution in [0, 0.1) is 0 Å². The van der Waals surface area contributed by atoms with E-state index in [0.717, 1.165) is 23.4 Å². The van der Waals surface area contributed by atoms with Gasteiger partial charge in [0.1, 0.15) is 0 Å². The average Bonchev–Trinajstić information content (AvgIpc) is 2.45. The molecule has 0 bridgehead atoms. The Labute approximate surface area is 116 Å². The molecule has 0 radical (unpaired) electrons. The Bertz CT molecular complexity index is 617. The molecule has 0 saturated heterocycles. The molecule has 0 atom stereocenters. The topological polar surface area (TPSA) is 3.24 Å². The molecule has 0 heterocycles. The third-order valence-electron chi connectivity index (χ3n) is 3.08. The van der Waals surface area contributed by atoms with Crippen LogP contribution >= 0.6 is 0 Å². The molecule has 2 rings (SSSR count). The lowest BCUT2D eigenvalue weighted by Crippen LogP contribution is -2.12. The zero-order valence-corrected chi connectivity index (χ0v) is 11.0. The fraction of sp³-hybridized carbons (Fsp3) is 0.125. The molecule has 0 saturated carbocycles. The Morgan fingerprint density at radius 1 is 1.05 bits per heavy atom. The van der Waals surface area contributed by atoms with E-state index in [1.807, 2.05) is 24.3 Å². The van der Waals surface area contributed by atoms with Gasteiger partial charge in [0.15, 0.2) is 0 Å². The molecule has 2 aromatic rings. The van der Waals surface area contributed by atoms with E-state index in [-0.39, 0.29) is 0 Å². The van der Waals surface area contributed by atoms with Crippen molar-refractivity contribution in [3.8, 4) is 0 Å². The van der Waals surface area contributed by atoms with Gasteiger partial charge in [0.2, 0.25) is 0 Å². The van der Waals surface area contributed by atoms with Gasteiger partial charge in [0.05, 0.1) is 5.56 Å². The predicted octanol–water partition coefficient (Wildman–Crippen LogP) is 5.12. The first-order chi connectivity index (χ1) is 9.43. The van der Waals surface area contributed by atoms with Gasteiger partial charge in [-0.3, -0.25) is 0 Å². The summed E-state index contributed by atoms with van der Waals surface area (Å²) in [5.74, 6) is 0. The lowest BCUT2D eigenvalue weighted by Gasteiger charge is -2.22. The van der Waals surface area contributed by atoms with Crippen molar-refractivity contribution in [1.29, 1.82) is 0 Å². The Kier molecular flexibility index (Phi) is 3.84. The van der Waals surface area contributed by atoms with Crippen molar-refractivity contribution in [1.82, 2.24) is 0 Å². The molecule has 0 aromatic heterocycles.